The SMILES string of the molecule is O=C(O)C[C@H](O)C[C@H](O)C=Cn1c(C2(O)CC2)nc(-c2ccnc(Nc3ccccc3)n2)c1-c1ccc(F)cc1. The molecule has 2 atom stereocenters. The summed E-state index contributed by atoms with van der Waals surface area (Å²) in [6, 6.07) is 16.9. The minimum absolute atomic E-state index is 0.198. The summed E-state index contributed by atoms with van der Waals surface area (Å²) < 4.78 is 15.5. The van der Waals surface area contributed by atoms with Crippen molar-refractivity contribution in [1.29, 1.82) is 0 Å². The van der Waals surface area contributed by atoms with Gasteiger partial charge < -0.3 is 30.3 Å². The topological polar surface area (TPSA) is 154 Å². The average Bonchev–Trinajstić information content (AvgIpc) is 3.55. The third-order valence-corrected chi connectivity index (χ3v) is 6.48. The molecule has 40 heavy (non-hydrogen) atoms. The maximum Gasteiger partial charge on any atom is 0.305 e. The molecule has 5 rings (SSSR count). The Kier molecular flexibility index (Phi) is 7.69. The van der Waals surface area contributed by atoms with Crippen LogP contribution in [0.15, 0.2) is 72.9 Å². The number of rotatable bonds is 11. The summed E-state index contributed by atoms with van der Waals surface area (Å²) in [4.78, 5) is 24.6. The molecule has 1 saturated carbocycles. The monoisotopic (exact) mass is 545 g/mol. The Hall–Kier alpha value is -4.45. The Balaban J connectivity index is 1.59. The van der Waals surface area contributed by atoms with E-state index >= 15 is 0 Å². The van der Waals surface area contributed by atoms with Gasteiger partial charge >= 0.3 is 5.97 Å². The van der Waals surface area contributed by atoms with Crippen LogP contribution >= 0.6 is 0 Å². The Labute approximate surface area is 229 Å². The zero-order valence-corrected chi connectivity index (χ0v) is 21.4. The standard InChI is InChI=1S/C29H28FN5O5/c30-19-8-6-18(7-9-19)26-25(23-10-14-31-28(33-23)32-20-4-2-1-3-5-20)34-27(29(40)12-13-29)35(26)15-11-21(36)16-22(37)17-24(38)39/h1-11,14-15,21-22,36-37,40H,12-13,16-17H2,(H,38,39)(H,31,32,33)/t21-,22-/m1/s1. The van der Waals surface area contributed by atoms with E-state index in [4.69, 9.17) is 10.1 Å². The number of aliphatic hydroxyl groups excluding tert-OH is 2. The Bertz CT molecular complexity index is 1520. The number of halogens is 1. The highest BCUT2D eigenvalue weighted by molar-refractivity contribution is 5.80. The van der Waals surface area contributed by atoms with E-state index < -0.39 is 36.0 Å². The lowest BCUT2D eigenvalue weighted by atomic mass is 10.1. The number of anilines is 2. The van der Waals surface area contributed by atoms with Crippen molar-refractivity contribution in [2.24, 2.45) is 0 Å². The van der Waals surface area contributed by atoms with Gasteiger partial charge in [0.15, 0.2) is 0 Å². The molecule has 0 unspecified atom stereocenters. The van der Waals surface area contributed by atoms with Gasteiger partial charge in [0.05, 0.1) is 30.0 Å². The number of carboxylic acid groups (broad SMARTS) is 1. The Morgan fingerprint density at radius 1 is 1.07 bits per heavy atom. The molecule has 1 fully saturated rings. The molecule has 0 bridgehead atoms. The van der Waals surface area contributed by atoms with E-state index in [1.165, 1.54) is 24.4 Å². The first-order valence-corrected chi connectivity index (χ1v) is 12.7. The van der Waals surface area contributed by atoms with E-state index in [9.17, 15) is 24.5 Å². The fraction of sp³-hybridized carbons (Fsp3) is 0.241. The summed E-state index contributed by atoms with van der Waals surface area (Å²) >= 11 is 0. The molecule has 10 nitrogen and oxygen atoms in total. The number of para-hydroxylation sites is 1. The van der Waals surface area contributed by atoms with Crippen LogP contribution in [0, 0.1) is 5.82 Å². The molecule has 4 aromatic rings. The van der Waals surface area contributed by atoms with Crippen molar-refractivity contribution in [2.75, 3.05) is 5.32 Å². The number of hydrogen-bond donors (Lipinski definition) is 5. The molecule has 11 heteroatoms. The molecular formula is C29H28FN5O5. The maximum absolute atomic E-state index is 13.9. The van der Waals surface area contributed by atoms with E-state index in [0.29, 0.717) is 47.3 Å². The Morgan fingerprint density at radius 3 is 2.48 bits per heavy atom. The van der Waals surface area contributed by atoms with Crippen molar-refractivity contribution in [2.45, 2.75) is 43.5 Å². The van der Waals surface area contributed by atoms with Crippen LogP contribution < -0.4 is 5.32 Å². The molecular weight excluding hydrogens is 517 g/mol. The lowest BCUT2D eigenvalue weighted by Gasteiger charge is -2.14. The highest BCUT2D eigenvalue weighted by atomic mass is 19.1. The van der Waals surface area contributed by atoms with Crippen LogP contribution in [0.5, 0.6) is 0 Å². The molecule has 206 valence electrons. The van der Waals surface area contributed by atoms with Crippen LogP contribution in [0.3, 0.4) is 0 Å². The van der Waals surface area contributed by atoms with E-state index in [-0.39, 0.29) is 6.42 Å². The molecule has 0 saturated heterocycles. The van der Waals surface area contributed by atoms with Gasteiger partial charge in [0.25, 0.3) is 0 Å². The van der Waals surface area contributed by atoms with Gasteiger partial charge in [-0.25, -0.2) is 19.3 Å². The average molecular weight is 546 g/mol. The van der Waals surface area contributed by atoms with Crippen molar-refractivity contribution < 1.29 is 29.6 Å². The molecule has 0 radical (unpaired) electrons. The van der Waals surface area contributed by atoms with Gasteiger partial charge in [0.1, 0.15) is 22.9 Å². The van der Waals surface area contributed by atoms with E-state index in [2.05, 4.69) is 15.3 Å². The number of aliphatic hydroxyl groups is 3. The van der Waals surface area contributed by atoms with Crippen molar-refractivity contribution in [3.05, 3.63) is 84.6 Å². The number of nitrogens with zero attached hydrogens (tertiary/aromatic N) is 4. The number of imidazole rings is 1. The number of carbonyl (C=O) groups is 1. The maximum atomic E-state index is 13.9. The number of aliphatic carboxylic acids is 1. The second kappa shape index (κ2) is 11.3. The molecule has 0 spiro atoms. The third kappa shape index (κ3) is 6.23. The largest absolute Gasteiger partial charge is 0.481 e. The van der Waals surface area contributed by atoms with Gasteiger partial charge in [0, 0.05) is 30.1 Å². The normalized spacial score (nSPS) is 15.6. The van der Waals surface area contributed by atoms with Gasteiger partial charge in [-0.05, 0) is 61.4 Å². The summed E-state index contributed by atoms with van der Waals surface area (Å²) in [5.74, 6) is -0.959. The van der Waals surface area contributed by atoms with Crippen molar-refractivity contribution in [3.63, 3.8) is 0 Å². The zero-order chi connectivity index (χ0) is 28.3. The van der Waals surface area contributed by atoms with Crippen LogP contribution in [-0.2, 0) is 10.4 Å². The number of hydrogen-bond acceptors (Lipinski definition) is 8. The van der Waals surface area contributed by atoms with E-state index in [1.807, 2.05) is 30.3 Å². The molecule has 2 aromatic carbocycles. The third-order valence-electron chi connectivity index (χ3n) is 6.48. The molecule has 2 heterocycles. The van der Waals surface area contributed by atoms with Crippen LogP contribution in [0.4, 0.5) is 16.0 Å². The van der Waals surface area contributed by atoms with Crippen LogP contribution in [0.2, 0.25) is 0 Å². The van der Waals surface area contributed by atoms with E-state index in [1.54, 1.807) is 29.0 Å². The lowest BCUT2D eigenvalue weighted by Crippen LogP contribution is -2.19. The quantitative estimate of drug-likeness (QED) is 0.189. The highest BCUT2D eigenvalue weighted by Crippen LogP contribution is 2.47. The molecule has 1 aliphatic rings. The van der Waals surface area contributed by atoms with Crippen LogP contribution in [0.25, 0.3) is 28.8 Å². The second-order valence-electron chi connectivity index (χ2n) is 9.69. The number of carboxylic acids is 1. The molecule has 0 aliphatic heterocycles. The predicted molar refractivity (Wildman–Crippen MR) is 146 cm³/mol. The number of aromatic nitrogens is 4. The summed E-state index contributed by atoms with van der Waals surface area (Å²) in [7, 11) is 0. The zero-order valence-electron chi connectivity index (χ0n) is 21.4. The minimum Gasteiger partial charge on any atom is -0.481 e. The smallest absolute Gasteiger partial charge is 0.305 e. The van der Waals surface area contributed by atoms with Gasteiger partial charge in [-0.15, -0.1) is 0 Å². The first-order valence-electron chi connectivity index (χ1n) is 12.7. The van der Waals surface area contributed by atoms with E-state index in [0.717, 1.165) is 5.69 Å². The summed E-state index contributed by atoms with van der Waals surface area (Å²) in [5, 5.41) is 43.6. The summed E-state index contributed by atoms with van der Waals surface area (Å²) in [6.07, 6.45) is 2.32. The number of benzene rings is 2. The van der Waals surface area contributed by atoms with Gasteiger partial charge in [0.2, 0.25) is 5.95 Å². The first-order chi connectivity index (χ1) is 19.2. The minimum atomic E-state index is -1.24. The summed E-state index contributed by atoms with van der Waals surface area (Å²) in [6.45, 7) is 0. The summed E-state index contributed by atoms with van der Waals surface area (Å²) in [5.41, 5.74) is 1.52. The molecule has 2 aromatic heterocycles. The first kappa shape index (κ1) is 27.1. The van der Waals surface area contributed by atoms with Gasteiger partial charge in [-0.1, -0.05) is 18.2 Å². The van der Waals surface area contributed by atoms with Gasteiger partial charge in [-0.3, -0.25) is 4.79 Å². The highest BCUT2D eigenvalue weighted by Gasteiger charge is 2.47. The van der Waals surface area contributed by atoms with Crippen molar-refractivity contribution in [1.82, 2.24) is 19.5 Å². The fourth-order valence-electron chi connectivity index (χ4n) is 4.34. The Morgan fingerprint density at radius 2 is 1.80 bits per heavy atom. The fourth-order valence-corrected chi connectivity index (χ4v) is 4.34. The second-order valence-corrected chi connectivity index (χ2v) is 9.69. The van der Waals surface area contributed by atoms with Crippen molar-refractivity contribution >= 4 is 23.8 Å². The molecule has 5 N–H and O–H groups in total. The number of nitrogens with one attached hydrogen (secondary N) is 1. The lowest BCUT2D eigenvalue weighted by molar-refractivity contribution is -0.139. The van der Waals surface area contributed by atoms with Crippen LogP contribution in [0.1, 0.15) is 31.5 Å². The van der Waals surface area contributed by atoms with Crippen molar-refractivity contribution in [3.8, 4) is 22.6 Å². The van der Waals surface area contributed by atoms with Gasteiger partial charge in [-0.2, -0.15) is 0 Å². The predicted octanol–water partition coefficient (Wildman–Crippen LogP) is 3.93. The van der Waals surface area contributed by atoms with Crippen LogP contribution in [-0.4, -0.2) is 58.1 Å². The molecule has 0 amide bonds. The molecule has 1 aliphatic carbocycles.